The summed E-state index contributed by atoms with van der Waals surface area (Å²) in [5.41, 5.74) is 0.0877. The average Bonchev–Trinajstić information content (AvgIpc) is 3.06. The third-order valence-corrected chi connectivity index (χ3v) is 4.16. The van der Waals surface area contributed by atoms with Gasteiger partial charge in [0.05, 0.1) is 12.1 Å². The number of aromatic nitrogens is 1. The zero-order chi connectivity index (χ0) is 16.3. The molecule has 1 amide bonds. The second-order valence-corrected chi connectivity index (χ2v) is 6.86. The molecule has 1 aromatic heterocycles. The molecular weight excluding hydrogens is 312 g/mol. The molecule has 1 atom stereocenters. The molecule has 1 fully saturated rings. The minimum atomic E-state index is -0.408. The summed E-state index contributed by atoms with van der Waals surface area (Å²) >= 11 is 1.29. The molecule has 1 aromatic carbocycles. The Kier molecular flexibility index (Phi) is 4.63. The lowest BCUT2D eigenvalue weighted by molar-refractivity contribution is -0.136. The van der Waals surface area contributed by atoms with Gasteiger partial charge in [0.1, 0.15) is 24.2 Å². The van der Waals surface area contributed by atoms with Crippen LogP contribution in [-0.4, -0.2) is 46.6 Å². The lowest BCUT2D eigenvalue weighted by atomic mass is 10.0. The van der Waals surface area contributed by atoms with Gasteiger partial charge in [0.15, 0.2) is 0 Å². The normalized spacial score (nSPS) is 20.3. The molecule has 1 saturated heterocycles. The van der Waals surface area contributed by atoms with E-state index in [4.69, 9.17) is 9.47 Å². The maximum atomic E-state index is 12.5. The van der Waals surface area contributed by atoms with E-state index < -0.39 is 5.60 Å². The molecular formula is C17H20N2O3S. The van der Waals surface area contributed by atoms with Crippen LogP contribution in [0.2, 0.25) is 0 Å². The molecule has 0 aliphatic carbocycles. The Morgan fingerprint density at radius 3 is 2.87 bits per heavy atom. The van der Waals surface area contributed by atoms with Crippen LogP contribution in [0.3, 0.4) is 0 Å². The highest BCUT2D eigenvalue weighted by atomic mass is 32.1. The fourth-order valence-corrected chi connectivity index (χ4v) is 3.23. The third-order valence-electron chi connectivity index (χ3n) is 3.60. The highest BCUT2D eigenvalue weighted by molar-refractivity contribution is 7.03. The van der Waals surface area contributed by atoms with Crippen molar-refractivity contribution in [1.82, 2.24) is 9.27 Å². The van der Waals surface area contributed by atoms with E-state index in [1.807, 2.05) is 49.6 Å². The lowest BCUT2D eigenvalue weighted by Crippen LogP contribution is -2.56. The summed E-state index contributed by atoms with van der Waals surface area (Å²) in [6.45, 7) is 5.44. The molecule has 2 heterocycles. The summed E-state index contributed by atoms with van der Waals surface area (Å²) in [5.74, 6) is 0.754. The molecule has 0 saturated carbocycles. The van der Waals surface area contributed by atoms with Crippen molar-refractivity contribution in [3.05, 3.63) is 47.5 Å². The Labute approximate surface area is 140 Å². The highest BCUT2D eigenvalue weighted by Crippen LogP contribution is 2.23. The molecule has 1 aliphatic rings. The fourth-order valence-electron chi connectivity index (χ4n) is 2.73. The van der Waals surface area contributed by atoms with Gasteiger partial charge >= 0.3 is 0 Å². The first kappa shape index (κ1) is 16.0. The summed E-state index contributed by atoms with van der Waals surface area (Å²) in [5, 5.41) is 1.81. The molecule has 3 rings (SSSR count). The summed E-state index contributed by atoms with van der Waals surface area (Å²) in [6, 6.07) is 11.4. The average molecular weight is 332 g/mol. The number of morpholine rings is 1. The predicted octanol–water partition coefficient (Wildman–Crippen LogP) is 2.84. The van der Waals surface area contributed by atoms with Crippen molar-refractivity contribution in [2.75, 3.05) is 19.7 Å². The summed E-state index contributed by atoms with van der Waals surface area (Å²) in [4.78, 5) is 14.3. The van der Waals surface area contributed by atoms with Gasteiger partial charge in [0, 0.05) is 11.9 Å². The van der Waals surface area contributed by atoms with Gasteiger partial charge < -0.3 is 14.4 Å². The third kappa shape index (κ3) is 4.09. The van der Waals surface area contributed by atoms with Crippen LogP contribution < -0.4 is 4.74 Å². The zero-order valence-electron chi connectivity index (χ0n) is 13.3. The molecule has 2 aromatic rings. The molecule has 0 N–H and O–H groups in total. The number of rotatable bonds is 4. The second-order valence-electron chi connectivity index (χ2n) is 6.19. The van der Waals surface area contributed by atoms with Crippen LogP contribution in [0.5, 0.6) is 5.75 Å². The largest absolute Gasteiger partial charge is 0.491 e. The molecule has 1 aliphatic heterocycles. The van der Waals surface area contributed by atoms with Crippen LogP contribution in [0.1, 0.15) is 24.3 Å². The molecule has 122 valence electrons. The Bertz CT molecular complexity index is 643. The van der Waals surface area contributed by atoms with E-state index in [0.717, 1.165) is 5.75 Å². The van der Waals surface area contributed by atoms with Gasteiger partial charge in [-0.05, 0) is 43.6 Å². The van der Waals surface area contributed by atoms with Crippen LogP contribution in [-0.2, 0) is 4.74 Å². The van der Waals surface area contributed by atoms with Crippen molar-refractivity contribution in [1.29, 1.82) is 0 Å². The van der Waals surface area contributed by atoms with Gasteiger partial charge in [-0.2, -0.15) is 4.37 Å². The highest BCUT2D eigenvalue weighted by Gasteiger charge is 2.36. The maximum Gasteiger partial charge on any atom is 0.273 e. The number of nitrogens with zero attached hydrogens (tertiary/aromatic N) is 2. The van der Waals surface area contributed by atoms with Gasteiger partial charge in [0.25, 0.3) is 5.91 Å². The van der Waals surface area contributed by atoms with Gasteiger partial charge in [0.2, 0.25) is 0 Å². The number of amides is 1. The fraction of sp³-hybridized carbons (Fsp3) is 0.412. The molecule has 0 bridgehead atoms. The van der Waals surface area contributed by atoms with Crippen molar-refractivity contribution in [2.24, 2.45) is 0 Å². The lowest BCUT2D eigenvalue weighted by Gasteiger charge is -2.42. The maximum absolute atomic E-state index is 12.5. The van der Waals surface area contributed by atoms with Crippen LogP contribution >= 0.6 is 11.5 Å². The monoisotopic (exact) mass is 332 g/mol. The predicted molar refractivity (Wildman–Crippen MR) is 88.9 cm³/mol. The SMILES string of the molecule is CC1(C)CN(C(=O)c2ccsn2)C[C@@H](COc2ccccc2)O1. The van der Waals surface area contributed by atoms with E-state index in [0.29, 0.717) is 25.4 Å². The number of carbonyl (C=O) groups is 1. The number of benzene rings is 1. The van der Waals surface area contributed by atoms with Crippen molar-refractivity contribution < 1.29 is 14.3 Å². The summed E-state index contributed by atoms with van der Waals surface area (Å²) < 4.78 is 16.0. The van der Waals surface area contributed by atoms with Gasteiger partial charge in [-0.1, -0.05) is 18.2 Å². The van der Waals surface area contributed by atoms with E-state index in [1.54, 1.807) is 11.0 Å². The van der Waals surface area contributed by atoms with Crippen molar-refractivity contribution in [2.45, 2.75) is 25.6 Å². The van der Waals surface area contributed by atoms with Crippen molar-refractivity contribution >= 4 is 17.4 Å². The van der Waals surface area contributed by atoms with E-state index in [9.17, 15) is 4.79 Å². The van der Waals surface area contributed by atoms with Crippen LogP contribution in [0.25, 0.3) is 0 Å². The van der Waals surface area contributed by atoms with E-state index in [1.165, 1.54) is 11.5 Å². The Morgan fingerprint density at radius 2 is 2.17 bits per heavy atom. The van der Waals surface area contributed by atoms with Crippen molar-refractivity contribution in [3.63, 3.8) is 0 Å². The molecule has 0 radical (unpaired) electrons. The van der Waals surface area contributed by atoms with E-state index in [-0.39, 0.29) is 12.0 Å². The van der Waals surface area contributed by atoms with Crippen LogP contribution in [0, 0.1) is 0 Å². The Balaban J connectivity index is 1.65. The number of carbonyl (C=O) groups excluding carboxylic acids is 1. The van der Waals surface area contributed by atoms with Crippen molar-refractivity contribution in [3.8, 4) is 5.75 Å². The van der Waals surface area contributed by atoms with Gasteiger partial charge in [-0.15, -0.1) is 0 Å². The second kappa shape index (κ2) is 6.68. The first-order valence-electron chi connectivity index (χ1n) is 7.59. The molecule has 6 heteroatoms. The van der Waals surface area contributed by atoms with Crippen LogP contribution in [0.15, 0.2) is 41.8 Å². The molecule has 0 spiro atoms. The van der Waals surface area contributed by atoms with E-state index in [2.05, 4.69) is 4.37 Å². The first-order chi connectivity index (χ1) is 11.0. The van der Waals surface area contributed by atoms with Gasteiger partial charge in [-0.25, -0.2) is 0 Å². The number of para-hydroxylation sites is 1. The Hall–Kier alpha value is -1.92. The minimum absolute atomic E-state index is 0.0488. The number of hydrogen-bond donors (Lipinski definition) is 0. The zero-order valence-corrected chi connectivity index (χ0v) is 14.1. The smallest absolute Gasteiger partial charge is 0.273 e. The quantitative estimate of drug-likeness (QED) is 0.864. The number of hydrogen-bond acceptors (Lipinski definition) is 5. The minimum Gasteiger partial charge on any atom is -0.491 e. The topological polar surface area (TPSA) is 51.7 Å². The van der Waals surface area contributed by atoms with Gasteiger partial charge in [-0.3, -0.25) is 4.79 Å². The van der Waals surface area contributed by atoms with E-state index >= 15 is 0 Å². The Morgan fingerprint density at radius 1 is 1.39 bits per heavy atom. The standard InChI is InChI=1S/C17H20N2O3S/c1-17(2)12-19(16(20)15-8-9-23-18-15)10-14(22-17)11-21-13-6-4-3-5-7-13/h3-9,14H,10-12H2,1-2H3/t14-/m0/s1. The molecule has 23 heavy (non-hydrogen) atoms. The number of ether oxygens (including phenoxy) is 2. The van der Waals surface area contributed by atoms with Crippen LogP contribution in [0.4, 0.5) is 0 Å². The summed E-state index contributed by atoms with van der Waals surface area (Å²) in [7, 11) is 0. The first-order valence-corrected chi connectivity index (χ1v) is 8.42. The molecule has 5 nitrogen and oxygen atoms in total. The summed E-state index contributed by atoms with van der Waals surface area (Å²) in [6.07, 6.45) is -0.165. The molecule has 0 unspecified atom stereocenters.